The lowest BCUT2D eigenvalue weighted by Gasteiger charge is -2.39. The summed E-state index contributed by atoms with van der Waals surface area (Å²) in [7, 11) is 2.43. The van der Waals surface area contributed by atoms with Gasteiger partial charge in [0.25, 0.3) is 0 Å². The van der Waals surface area contributed by atoms with E-state index >= 15 is 0 Å². The van der Waals surface area contributed by atoms with Gasteiger partial charge < -0.3 is 0 Å². The first-order chi connectivity index (χ1) is 14.0. The topological polar surface area (TPSA) is 0 Å². The van der Waals surface area contributed by atoms with Gasteiger partial charge in [-0.3, -0.25) is 0 Å². The molecule has 0 N–H and O–H groups in total. The Morgan fingerprint density at radius 2 is 1.63 bits per heavy atom. The highest BCUT2D eigenvalue weighted by Crippen LogP contribution is 2.48. The lowest BCUT2D eigenvalue weighted by molar-refractivity contribution is 0.304. The van der Waals surface area contributed by atoms with Crippen molar-refractivity contribution in [2.45, 2.75) is 125 Å². The highest BCUT2D eigenvalue weighted by Gasteiger charge is 2.33. The van der Waals surface area contributed by atoms with Crippen molar-refractivity contribution in [1.29, 1.82) is 0 Å². The molecule has 2 unspecified atom stereocenters. The third kappa shape index (κ3) is 9.44. The first-order valence-corrected chi connectivity index (χ1v) is 12.7. The Balaban J connectivity index is 2.39. The molecule has 0 spiro atoms. The third-order valence-corrected chi connectivity index (χ3v) is 7.72. The van der Waals surface area contributed by atoms with Crippen LogP contribution in [0.15, 0.2) is 46.6 Å². The number of hydrogen-bond acceptors (Lipinski definition) is 0. The Hall–Kier alpha value is -0.975. The molecule has 0 heterocycles. The molecular weight excluding hydrogens is 359 g/mol. The lowest BCUT2D eigenvalue weighted by atomic mass is 9.54. The number of rotatable bonds is 13. The number of unbranched alkanes of at least 4 members (excludes halogenated alkanes) is 2. The van der Waals surface area contributed by atoms with E-state index in [1.165, 1.54) is 69.8 Å². The van der Waals surface area contributed by atoms with Gasteiger partial charge in [0.2, 0.25) is 0 Å². The number of hydrogen-bond donors (Lipinski definition) is 0. The van der Waals surface area contributed by atoms with Crippen LogP contribution in [0.25, 0.3) is 0 Å². The molecule has 1 aliphatic rings. The summed E-state index contributed by atoms with van der Waals surface area (Å²) in [6.45, 7) is 18.9. The van der Waals surface area contributed by atoms with E-state index in [2.05, 4.69) is 87.5 Å². The van der Waals surface area contributed by atoms with E-state index in [0.717, 1.165) is 0 Å². The second kappa shape index (κ2) is 12.8. The molecule has 0 aromatic carbocycles. The van der Waals surface area contributed by atoms with Gasteiger partial charge in [0, 0.05) is 0 Å². The molecule has 0 saturated heterocycles. The summed E-state index contributed by atoms with van der Waals surface area (Å²) in [4.78, 5) is 0. The molecule has 0 aromatic heterocycles. The Labute approximate surface area is 190 Å². The van der Waals surface area contributed by atoms with Crippen molar-refractivity contribution in [1.82, 2.24) is 0 Å². The molecule has 0 amide bonds. The first-order valence-electron chi connectivity index (χ1n) is 12.7. The summed E-state index contributed by atoms with van der Waals surface area (Å²) in [6, 6.07) is 0. The highest BCUT2D eigenvalue weighted by molar-refractivity contribution is 6.17. The van der Waals surface area contributed by atoms with Gasteiger partial charge in [0.15, 0.2) is 0 Å². The van der Waals surface area contributed by atoms with Gasteiger partial charge in [-0.05, 0) is 88.8 Å². The Morgan fingerprint density at radius 1 is 1.03 bits per heavy atom. The van der Waals surface area contributed by atoms with Crippen LogP contribution in [0.3, 0.4) is 0 Å². The maximum absolute atomic E-state index is 2.51. The standard InChI is InChI=1S/C29H51B/c1-9-10-11-14-23(2)15-12-16-24(3)17-13-21-28(6,7)22-20-27-19-18-25(4)26(5)29(27,8)30/h14,17-19,26H,9-13,15-16,20-22,30H2,1-8H3/b23-14+,24-17+. The average molecular weight is 411 g/mol. The highest BCUT2D eigenvalue weighted by atomic mass is 14.3. The van der Waals surface area contributed by atoms with E-state index in [-0.39, 0.29) is 0 Å². The molecular formula is C29H51B. The molecule has 0 saturated carbocycles. The zero-order valence-electron chi connectivity index (χ0n) is 22.0. The molecule has 0 aliphatic heterocycles. The quantitative estimate of drug-likeness (QED) is 0.161. The van der Waals surface area contributed by atoms with Crippen molar-refractivity contribution in [3.63, 3.8) is 0 Å². The zero-order valence-corrected chi connectivity index (χ0v) is 22.0. The maximum atomic E-state index is 2.51. The second-order valence-electron chi connectivity index (χ2n) is 11.3. The van der Waals surface area contributed by atoms with E-state index in [9.17, 15) is 0 Å². The fraction of sp³-hybridized carbons (Fsp3) is 0.724. The van der Waals surface area contributed by atoms with Crippen LogP contribution in [0.1, 0.15) is 120 Å². The molecule has 1 heteroatoms. The van der Waals surface area contributed by atoms with E-state index in [1.54, 1.807) is 16.7 Å². The van der Waals surface area contributed by atoms with E-state index in [4.69, 9.17) is 0 Å². The summed E-state index contributed by atoms with van der Waals surface area (Å²) >= 11 is 0. The van der Waals surface area contributed by atoms with Crippen molar-refractivity contribution in [2.24, 2.45) is 11.3 Å². The van der Waals surface area contributed by atoms with Gasteiger partial charge in [0.1, 0.15) is 7.85 Å². The largest absolute Gasteiger partial charge is 0.115 e. The number of allylic oxidation sites excluding steroid dienone is 8. The van der Waals surface area contributed by atoms with Gasteiger partial charge >= 0.3 is 0 Å². The van der Waals surface area contributed by atoms with E-state index in [0.29, 0.717) is 16.6 Å². The summed E-state index contributed by atoms with van der Waals surface area (Å²) in [5, 5.41) is 0.300. The maximum Gasteiger partial charge on any atom is 0.115 e. The van der Waals surface area contributed by atoms with Gasteiger partial charge in [0.05, 0.1) is 0 Å². The average Bonchev–Trinajstić information content (AvgIpc) is 2.65. The molecule has 1 aliphatic carbocycles. The van der Waals surface area contributed by atoms with Crippen molar-refractivity contribution in [3.05, 3.63) is 46.6 Å². The van der Waals surface area contributed by atoms with Crippen molar-refractivity contribution >= 4 is 7.85 Å². The lowest BCUT2D eigenvalue weighted by Crippen LogP contribution is -2.25. The molecule has 0 bridgehead atoms. The van der Waals surface area contributed by atoms with Crippen LogP contribution in [-0.2, 0) is 0 Å². The third-order valence-electron chi connectivity index (χ3n) is 7.72. The first kappa shape index (κ1) is 27.1. The van der Waals surface area contributed by atoms with Gasteiger partial charge in [-0.1, -0.05) is 94.1 Å². The molecule has 0 fully saturated rings. The molecule has 30 heavy (non-hydrogen) atoms. The van der Waals surface area contributed by atoms with Crippen molar-refractivity contribution in [3.8, 4) is 0 Å². The minimum atomic E-state index is 0.300. The zero-order chi connectivity index (χ0) is 22.8. The summed E-state index contributed by atoms with van der Waals surface area (Å²) in [6.07, 6.45) is 22.5. The predicted octanol–water partition coefficient (Wildman–Crippen LogP) is 9.16. The molecule has 170 valence electrons. The van der Waals surface area contributed by atoms with Crippen LogP contribution >= 0.6 is 0 Å². The Kier molecular flexibility index (Phi) is 11.5. The monoisotopic (exact) mass is 410 g/mol. The molecule has 0 radical (unpaired) electrons. The van der Waals surface area contributed by atoms with E-state index in [1.807, 2.05) is 0 Å². The molecule has 0 nitrogen and oxygen atoms in total. The SMILES string of the molecule is BC1(C)C(CCC(C)(C)CC/C=C(\C)CCC/C(C)=C/CCCC)=CC=C(C)C1C. The van der Waals surface area contributed by atoms with Crippen LogP contribution in [0.4, 0.5) is 0 Å². The van der Waals surface area contributed by atoms with Crippen LogP contribution in [-0.4, -0.2) is 7.85 Å². The second-order valence-corrected chi connectivity index (χ2v) is 11.3. The van der Waals surface area contributed by atoms with E-state index < -0.39 is 0 Å². The van der Waals surface area contributed by atoms with Crippen LogP contribution in [0, 0.1) is 11.3 Å². The molecule has 1 rings (SSSR count). The van der Waals surface area contributed by atoms with Crippen LogP contribution in [0.5, 0.6) is 0 Å². The van der Waals surface area contributed by atoms with Crippen molar-refractivity contribution < 1.29 is 0 Å². The summed E-state index contributed by atoms with van der Waals surface area (Å²) in [5.41, 5.74) is 6.73. The van der Waals surface area contributed by atoms with Crippen LogP contribution < -0.4 is 0 Å². The predicted molar refractivity (Wildman–Crippen MR) is 141 cm³/mol. The normalized spacial score (nSPS) is 23.4. The Bertz CT molecular complexity index is 639. The summed E-state index contributed by atoms with van der Waals surface area (Å²) < 4.78 is 0. The fourth-order valence-electron chi connectivity index (χ4n) is 4.55. The van der Waals surface area contributed by atoms with Crippen molar-refractivity contribution in [2.75, 3.05) is 0 Å². The summed E-state index contributed by atoms with van der Waals surface area (Å²) in [5.74, 6) is 0.649. The fourth-order valence-corrected chi connectivity index (χ4v) is 4.55. The van der Waals surface area contributed by atoms with Gasteiger partial charge in [-0.15, -0.1) is 0 Å². The van der Waals surface area contributed by atoms with Gasteiger partial charge in [-0.2, -0.15) is 0 Å². The minimum Gasteiger partial charge on any atom is -0.0856 e. The minimum absolute atomic E-state index is 0.300. The molecule has 0 aromatic rings. The Morgan fingerprint density at radius 3 is 2.23 bits per heavy atom. The smallest absolute Gasteiger partial charge is 0.0856 e. The van der Waals surface area contributed by atoms with Crippen LogP contribution in [0.2, 0.25) is 5.31 Å². The molecule has 2 atom stereocenters. The van der Waals surface area contributed by atoms with Gasteiger partial charge in [-0.25, -0.2) is 0 Å².